The maximum Gasteiger partial charge on any atom is 0.126 e. The van der Waals surface area contributed by atoms with Crippen molar-refractivity contribution in [3.05, 3.63) is 54.0 Å². The molecule has 2 aromatic rings. The van der Waals surface area contributed by atoms with Crippen LogP contribution in [0.2, 0.25) is 0 Å². The number of rotatable bonds is 4. The molecule has 17 heavy (non-hydrogen) atoms. The van der Waals surface area contributed by atoms with Crippen LogP contribution in [0, 0.1) is 0 Å². The van der Waals surface area contributed by atoms with Crippen LogP contribution in [0.3, 0.4) is 0 Å². The largest absolute Gasteiger partial charge is 0.383 e. The van der Waals surface area contributed by atoms with Gasteiger partial charge in [-0.1, -0.05) is 12.1 Å². The van der Waals surface area contributed by atoms with E-state index in [1.54, 1.807) is 12.4 Å². The van der Waals surface area contributed by atoms with E-state index in [1.165, 1.54) is 0 Å². The predicted octanol–water partition coefficient (Wildman–Crippen LogP) is 1.56. The molecule has 0 bridgehead atoms. The molecule has 2 rings (SSSR count). The molecule has 0 saturated heterocycles. The zero-order valence-electron chi connectivity index (χ0n) is 9.80. The van der Waals surface area contributed by atoms with E-state index in [-0.39, 0.29) is 6.04 Å². The van der Waals surface area contributed by atoms with Crippen LogP contribution < -0.4 is 11.1 Å². The summed E-state index contributed by atoms with van der Waals surface area (Å²) in [6.45, 7) is 0. The van der Waals surface area contributed by atoms with Crippen LogP contribution in [0.15, 0.2) is 42.9 Å². The number of hydrogen-bond acceptors (Lipinski definition) is 4. The number of nitrogens with one attached hydrogen (secondary N) is 1. The fourth-order valence-corrected chi connectivity index (χ4v) is 1.81. The van der Waals surface area contributed by atoms with E-state index in [4.69, 9.17) is 5.73 Å². The van der Waals surface area contributed by atoms with Crippen molar-refractivity contribution in [3.63, 3.8) is 0 Å². The zero-order valence-corrected chi connectivity index (χ0v) is 9.80. The second-order valence-corrected chi connectivity index (χ2v) is 3.88. The normalized spacial score (nSPS) is 12.3. The fourth-order valence-electron chi connectivity index (χ4n) is 1.81. The molecule has 2 aromatic heterocycles. The molecule has 0 aromatic carbocycles. The number of nitrogen functional groups attached to an aromatic ring is 1. The summed E-state index contributed by atoms with van der Waals surface area (Å²) < 4.78 is 0. The summed E-state index contributed by atoms with van der Waals surface area (Å²) in [5.41, 5.74) is 8.05. The van der Waals surface area contributed by atoms with Gasteiger partial charge >= 0.3 is 0 Å². The lowest BCUT2D eigenvalue weighted by atomic mass is 10.0. The monoisotopic (exact) mass is 228 g/mol. The van der Waals surface area contributed by atoms with Gasteiger partial charge in [0, 0.05) is 24.6 Å². The van der Waals surface area contributed by atoms with Crippen LogP contribution in [0.1, 0.15) is 17.2 Å². The van der Waals surface area contributed by atoms with E-state index >= 15 is 0 Å². The highest BCUT2D eigenvalue weighted by Gasteiger charge is 2.11. The van der Waals surface area contributed by atoms with E-state index in [2.05, 4.69) is 21.4 Å². The first-order chi connectivity index (χ1) is 8.31. The van der Waals surface area contributed by atoms with Gasteiger partial charge < -0.3 is 11.1 Å². The van der Waals surface area contributed by atoms with Gasteiger partial charge in [-0.05, 0) is 36.7 Å². The molecule has 0 aliphatic rings. The van der Waals surface area contributed by atoms with Crippen molar-refractivity contribution in [3.8, 4) is 0 Å². The number of nitrogens with zero attached hydrogens (tertiary/aromatic N) is 2. The summed E-state index contributed by atoms with van der Waals surface area (Å²) in [5.74, 6) is 0.594. The van der Waals surface area contributed by atoms with Gasteiger partial charge in [0.25, 0.3) is 0 Å². The summed E-state index contributed by atoms with van der Waals surface area (Å²) in [6.07, 6.45) is 6.15. The molecule has 0 fully saturated rings. The quantitative estimate of drug-likeness (QED) is 0.833. The highest BCUT2D eigenvalue weighted by molar-refractivity contribution is 5.39. The number of pyridine rings is 2. The van der Waals surface area contributed by atoms with Gasteiger partial charge in [0.1, 0.15) is 5.82 Å². The van der Waals surface area contributed by atoms with Crippen molar-refractivity contribution < 1.29 is 0 Å². The number of anilines is 1. The van der Waals surface area contributed by atoms with E-state index in [1.807, 2.05) is 31.4 Å². The molecule has 4 nitrogen and oxygen atoms in total. The van der Waals surface area contributed by atoms with Gasteiger partial charge in [-0.25, -0.2) is 4.98 Å². The second-order valence-electron chi connectivity index (χ2n) is 3.88. The third-order valence-corrected chi connectivity index (χ3v) is 2.79. The van der Waals surface area contributed by atoms with Crippen molar-refractivity contribution in [2.75, 3.05) is 12.8 Å². The van der Waals surface area contributed by atoms with Gasteiger partial charge in [0.05, 0.1) is 0 Å². The summed E-state index contributed by atoms with van der Waals surface area (Å²) in [4.78, 5) is 8.23. The van der Waals surface area contributed by atoms with Gasteiger partial charge in [0.2, 0.25) is 0 Å². The Balaban J connectivity index is 2.19. The molecule has 0 amide bonds. The molecule has 0 aliphatic carbocycles. The number of nitrogens with two attached hydrogens (primary N) is 1. The minimum Gasteiger partial charge on any atom is -0.383 e. The minimum absolute atomic E-state index is 0.204. The van der Waals surface area contributed by atoms with E-state index in [0.717, 1.165) is 17.5 Å². The molecule has 0 radical (unpaired) electrons. The van der Waals surface area contributed by atoms with E-state index < -0.39 is 0 Å². The molecule has 1 atom stereocenters. The molecule has 1 unspecified atom stereocenters. The number of hydrogen-bond donors (Lipinski definition) is 2. The molecule has 0 aliphatic heterocycles. The summed E-state index contributed by atoms with van der Waals surface area (Å²) in [5, 5.41) is 3.27. The SMILES string of the molecule is CNC(Cc1cccnc1N)c1cccnc1. The molecule has 88 valence electrons. The van der Waals surface area contributed by atoms with Crippen LogP contribution in [-0.4, -0.2) is 17.0 Å². The highest BCUT2D eigenvalue weighted by atomic mass is 14.9. The molecular formula is C13H16N4. The molecular weight excluding hydrogens is 212 g/mol. The Hall–Kier alpha value is -1.94. The lowest BCUT2D eigenvalue weighted by molar-refractivity contribution is 0.590. The van der Waals surface area contributed by atoms with Crippen LogP contribution >= 0.6 is 0 Å². The third kappa shape index (κ3) is 2.79. The predicted molar refractivity (Wildman–Crippen MR) is 68.4 cm³/mol. The molecule has 4 heteroatoms. The molecule has 0 spiro atoms. The smallest absolute Gasteiger partial charge is 0.126 e. The maximum atomic E-state index is 5.85. The first-order valence-corrected chi connectivity index (χ1v) is 5.58. The van der Waals surface area contributed by atoms with Crippen molar-refractivity contribution in [1.29, 1.82) is 0 Å². The lowest BCUT2D eigenvalue weighted by Gasteiger charge is -2.16. The zero-order chi connectivity index (χ0) is 12.1. The molecule has 2 heterocycles. The van der Waals surface area contributed by atoms with Crippen molar-refractivity contribution in [2.24, 2.45) is 0 Å². The lowest BCUT2D eigenvalue weighted by Crippen LogP contribution is -2.19. The Morgan fingerprint density at radius 1 is 1.29 bits per heavy atom. The van der Waals surface area contributed by atoms with Gasteiger partial charge in [-0.2, -0.15) is 0 Å². The van der Waals surface area contributed by atoms with Crippen LogP contribution in [0.25, 0.3) is 0 Å². The van der Waals surface area contributed by atoms with Crippen molar-refractivity contribution in [1.82, 2.24) is 15.3 Å². The van der Waals surface area contributed by atoms with Crippen molar-refractivity contribution in [2.45, 2.75) is 12.5 Å². The highest BCUT2D eigenvalue weighted by Crippen LogP contribution is 2.19. The van der Waals surface area contributed by atoms with Gasteiger partial charge in [-0.3, -0.25) is 4.98 Å². The number of likely N-dealkylation sites (N-methyl/N-ethyl adjacent to an activating group) is 1. The summed E-state index contributed by atoms with van der Waals surface area (Å²) in [7, 11) is 1.93. The first kappa shape index (κ1) is 11.5. The molecule has 0 saturated carbocycles. The first-order valence-electron chi connectivity index (χ1n) is 5.58. The maximum absolute atomic E-state index is 5.85. The van der Waals surface area contributed by atoms with Crippen molar-refractivity contribution >= 4 is 5.82 Å². The standard InChI is InChI=1S/C13H16N4/c1-15-12(11-5-2-6-16-9-11)8-10-4-3-7-17-13(10)14/h2-7,9,12,15H,8H2,1H3,(H2,14,17). The van der Waals surface area contributed by atoms with Crippen LogP contribution in [-0.2, 0) is 6.42 Å². The van der Waals surface area contributed by atoms with Gasteiger partial charge in [-0.15, -0.1) is 0 Å². The Morgan fingerprint density at radius 2 is 2.12 bits per heavy atom. The second kappa shape index (κ2) is 5.41. The third-order valence-electron chi connectivity index (χ3n) is 2.79. The average molecular weight is 228 g/mol. The van der Waals surface area contributed by atoms with E-state index in [9.17, 15) is 0 Å². The Labute approximate surface area is 101 Å². The van der Waals surface area contributed by atoms with Crippen LogP contribution in [0.4, 0.5) is 5.82 Å². The average Bonchev–Trinajstić information content (AvgIpc) is 2.39. The summed E-state index contributed by atoms with van der Waals surface area (Å²) >= 11 is 0. The molecule has 3 N–H and O–H groups in total. The Bertz CT molecular complexity index is 470. The van der Waals surface area contributed by atoms with E-state index in [0.29, 0.717) is 5.82 Å². The minimum atomic E-state index is 0.204. The fraction of sp³-hybridized carbons (Fsp3) is 0.231. The number of aromatic nitrogens is 2. The van der Waals surface area contributed by atoms with Crippen LogP contribution in [0.5, 0.6) is 0 Å². The summed E-state index contributed by atoms with van der Waals surface area (Å²) in [6, 6.07) is 8.10. The Kier molecular flexibility index (Phi) is 3.67. The van der Waals surface area contributed by atoms with Gasteiger partial charge in [0.15, 0.2) is 0 Å². The topological polar surface area (TPSA) is 63.8 Å². The Morgan fingerprint density at radius 3 is 2.76 bits per heavy atom.